The summed E-state index contributed by atoms with van der Waals surface area (Å²) < 4.78 is 4.88. The van der Waals surface area contributed by atoms with Gasteiger partial charge in [0.2, 0.25) is 0 Å². The van der Waals surface area contributed by atoms with Crippen molar-refractivity contribution in [1.82, 2.24) is 4.57 Å². The molecule has 0 fully saturated rings. The highest BCUT2D eigenvalue weighted by atomic mass is 15.2. The molecule has 1 aliphatic rings. The zero-order valence-electron chi connectivity index (χ0n) is 19.7. The van der Waals surface area contributed by atoms with Crippen LogP contribution in [0.1, 0.15) is 44.4 Å². The van der Waals surface area contributed by atoms with E-state index in [1.165, 1.54) is 44.9 Å². The van der Waals surface area contributed by atoms with Crippen LogP contribution < -0.4 is 4.57 Å². The molecule has 0 atom stereocenters. The van der Waals surface area contributed by atoms with Crippen LogP contribution >= 0.6 is 0 Å². The highest BCUT2D eigenvalue weighted by molar-refractivity contribution is 5.74. The molecule has 0 unspecified atom stereocenters. The van der Waals surface area contributed by atoms with Gasteiger partial charge < -0.3 is 0 Å². The number of imidazole rings is 1. The van der Waals surface area contributed by atoms with Crippen LogP contribution in [0.5, 0.6) is 0 Å². The molecule has 0 spiro atoms. The molecular formula is C30H33N2+. The molecular weight excluding hydrogens is 388 g/mol. The zero-order valence-corrected chi connectivity index (χ0v) is 19.7. The number of rotatable bonds is 6. The molecule has 0 bridgehead atoms. The third kappa shape index (κ3) is 3.68. The minimum Gasteiger partial charge on any atom is -0.225 e. The summed E-state index contributed by atoms with van der Waals surface area (Å²) in [6.07, 6.45) is 6.67. The van der Waals surface area contributed by atoms with Crippen molar-refractivity contribution in [3.05, 3.63) is 95.8 Å². The van der Waals surface area contributed by atoms with Gasteiger partial charge in [0, 0.05) is 11.1 Å². The summed E-state index contributed by atoms with van der Waals surface area (Å²) in [4.78, 5) is 0. The molecule has 0 aliphatic carbocycles. The van der Waals surface area contributed by atoms with Crippen molar-refractivity contribution < 1.29 is 4.57 Å². The van der Waals surface area contributed by atoms with E-state index in [0.29, 0.717) is 11.8 Å². The van der Waals surface area contributed by atoms with Gasteiger partial charge in [-0.15, -0.1) is 0 Å². The van der Waals surface area contributed by atoms with Gasteiger partial charge in [0.15, 0.2) is 0 Å². The first kappa shape index (κ1) is 20.8. The largest absolute Gasteiger partial charge is 0.294 e. The maximum absolute atomic E-state index is 2.48. The Bertz CT molecular complexity index is 1250. The van der Waals surface area contributed by atoms with Gasteiger partial charge in [-0.1, -0.05) is 88.4 Å². The fourth-order valence-corrected chi connectivity index (χ4v) is 5.17. The lowest BCUT2D eigenvalue weighted by Crippen LogP contribution is -2.30. The van der Waals surface area contributed by atoms with Gasteiger partial charge in [-0.25, -0.2) is 4.57 Å². The summed E-state index contributed by atoms with van der Waals surface area (Å²) in [5, 5.41) is 0. The maximum Gasteiger partial charge on any atom is 0.294 e. The normalized spacial score (nSPS) is 12.4. The smallest absolute Gasteiger partial charge is 0.225 e. The number of benzene rings is 3. The van der Waals surface area contributed by atoms with Crippen LogP contribution in [-0.4, -0.2) is 4.57 Å². The van der Waals surface area contributed by atoms with E-state index >= 15 is 0 Å². The number of aromatic nitrogens is 2. The average molecular weight is 422 g/mol. The molecule has 0 amide bonds. The van der Waals surface area contributed by atoms with Crippen molar-refractivity contribution in [2.75, 3.05) is 0 Å². The number of hydrogen-bond donors (Lipinski definition) is 0. The van der Waals surface area contributed by atoms with Gasteiger partial charge in [-0.2, -0.15) is 4.57 Å². The lowest BCUT2D eigenvalue weighted by molar-refractivity contribution is -0.671. The SMILES string of the molecule is CC(C)Cc1ccc(-c2ccccc2)c(CC(C)C)c1-n1cc[n+]2c1-c1ccccc1C2. The van der Waals surface area contributed by atoms with Crippen LogP contribution in [0.15, 0.2) is 79.1 Å². The molecule has 2 heterocycles. The van der Waals surface area contributed by atoms with Crippen molar-refractivity contribution in [2.24, 2.45) is 11.8 Å². The molecule has 2 nitrogen and oxygen atoms in total. The molecule has 0 radical (unpaired) electrons. The minimum absolute atomic E-state index is 0.578. The van der Waals surface area contributed by atoms with E-state index in [0.717, 1.165) is 19.4 Å². The van der Waals surface area contributed by atoms with E-state index in [-0.39, 0.29) is 0 Å². The van der Waals surface area contributed by atoms with E-state index in [9.17, 15) is 0 Å². The second kappa shape index (κ2) is 8.43. The Hall–Kier alpha value is -3.13. The molecule has 162 valence electrons. The summed E-state index contributed by atoms with van der Waals surface area (Å²) >= 11 is 0. The fourth-order valence-electron chi connectivity index (χ4n) is 5.17. The van der Waals surface area contributed by atoms with Crippen LogP contribution in [0.25, 0.3) is 28.2 Å². The Balaban J connectivity index is 1.80. The number of hydrogen-bond acceptors (Lipinski definition) is 0. The van der Waals surface area contributed by atoms with Gasteiger partial charge in [0.1, 0.15) is 24.6 Å². The standard InChI is InChI=1S/C30H33N2/c1-21(2)18-24-14-15-26(23-10-6-5-7-11-23)28(19-22(3)4)29(24)32-17-16-31-20-25-12-8-9-13-27(25)30(31)32/h5-17,21-22H,18-20H2,1-4H3/q+1. The van der Waals surface area contributed by atoms with Crippen LogP contribution in [-0.2, 0) is 19.4 Å². The average Bonchev–Trinajstić information content (AvgIpc) is 3.33. The molecule has 3 aromatic carbocycles. The first-order chi connectivity index (χ1) is 15.5. The van der Waals surface area contributed by atoms with Crippen LogP contribution in [0.4, 0.5) is 0 Å². The Kier molecular flexibility index (Phi) is 5.46. The highest BCUT2D eigenvalue weighted by Crippen LogP contribution is 2.37. The fraction of sp³-hybridized carbons (Fsp3) is 0.300. The quantitative estimate of drug-likeness (QED) is 0.265. The number of nitrogens with zero attached hydrogens (tertiary/aromatic N) is 2. The Morgan fingerprint density at radius 1 is 0.781 bits per heavy atom. The molecule has 1 aliphatic heterocycles. The second-order valence-electron chi connectivity index (χ2n) is 9.94. The van der Waals surface area contributed by atoms with Crippen LogP contribution in [0, 0.1) is 11.8 Å². The van der Waals surface area contributed by atoms with Gasteiger partial charge in [-0.3, -0.25) is 0 Å². The molecule has 4 aromatic rings. The molecule has 2 heteroatoms. The topological polar surface area (TPSA) is 8.81 Å². The summed E-state index contributed by atoms with van der Waals surface area (Å²) in [6, 6.07) is 24.5. The molecule has 0 saturated heterocycles. The van der Waals surface area contributed by atoms with E-state index in [1.807, 2.05) is 0 Å². The van der Waals surface area contributed by atoms with Crippen molar-refractivity contribution in [3.8, 4) is 28.2 Å². The van der Waals surface area contributed by atoms with E-state index in [2.05, 4.69) is 116 Å². The Morgan fingerprint density at radius 3 is 2.25 bits per heavy atom. The van der Waals surface area contributed by atoms with Gasteiger partial charge >= 0.3 is 0 Å². The van der Waals surface area contributed by atoms with Crippen LogP contribution in [0.3, 0.4) is 0 Å². The van der Waals surface area contributed by atoms with E-state index in [1.54, 1.807) is 0 Å². The molecule has 0 N–H and O–H groups in total. The van der Waals surface area contributed by atoms with E-state index in [4.69, 9.17) is 0 Å². The molecule has 32 heavy (non-hydrogen) atoms. The minimum atomic E-state index is 0.578. The maximum atomic E-state index is 2.48. The molecule has 1 aromatic heterocycles. The first-order valence-electron chi connectivity index (χ1n) is 11.9. The zero-order chi connectivity index (χ0) is 22.2. The lowest BCUT2D eigenvalue weighted by atomic mass is 9.87. The molecule has 0 saturated carbocycles. The van der Waals surface area contributed by atoms with Gasteiger partial charge in [0.25, 0.3) is 5.82 Å². The molecule has 5 rings (SSSR count). The van der Waals surface area contributed by atoms with Crippen molar-refractivity contribution >= 4 is 0 Å². The second-order valence-corrected chi connectivity index (χ2v) is 9.94. The highest BCUT2D eigenvalue weighted by Gasteiger charge is 2.32. The van der Waals surface area contributed by atoms with Gasteiger partial charge in [-0.05, 0) is 47.4 Å². The van der Waals surface area contributed by atoms with Crippen LogP contribution in [0.2, 0.25) is 0 Å². The number of fused-ring (bicyclic) bond motifs is 3. The first-order valence-corrected chi connectivity index (χ1v) is 11.9. The Morgan fingerprint density at radius 2 is 1.50 bits per heavy atom. The summed E-state index contributed by atoms with van der Waals surface area (Å²) in [7, 11) is 0. The Labute approximate surface area is 192 Å². The van der Waals surface area contributed by atoms with E-state index < -0.39 is 0 Å². The monoisotopic (exact) mass is 421 g/mol. The summed E-state index contributed by atoms with van der Waals surface area (Å²) in [6.45, 7) is 10.3. The van der Waals surface area contributed by atoms with Gasteiger partial charge in [0.05, 0.1) is 5.56 Å². The predicted octanol–water partition coefficient (Wildman–Crippen LogP) is 6.86. The van der Waals surface area contributed by atoms with Crippen molar-refractivity contribution in [2.45, 2.75) is 47.1 Å². The third-order valence-electron chi connectivity index (χ3n) is 6.43. The lowest BCUT2D eigenvalue weighted by Gasteiger charge is -2.20. The summed E-state index contributed by atoms with van der Waals surface area (Å²) in [5.74, 6) is 2.49. The predicted molar refractivity (Wildman–Crippen MR) is 133 cm³/mol. The summed E-state index contributed by atoms with van der Waals surface area (Å²) in [5.41, 5.74) is 9.73. The van der Waals surface area contributed by atoms with Crippen molar-refractivity contribution in [3.63, 3.8) is 0 Å². The third-order valence-corrected chi connectivity index (χ3v) is 6.43. The van der Waals surface area contributed by atoms with Crippen molar-refractivity contribution in [1.29, 1.82) is 0 Å².